The molecule has 0 bridgehead atoms. The summed E-state index contributed by atoms with van der Waals surface area (Å²) in [5.41, 5.74) is 1.99. The quantitative estimate of drug-likeness (QED) is 0.382. The highest BCUT2D eigenvalue weighted by Crippen LogP contribution is 2.34. The number of nitrogens with one attached hydrogen (secondary N) is 2. The van der Waals surface area contributed by atoms with Crippen LogP contribution in [0.15, 0.2) is 46.5 Å². The Bertz CT molecular complexity index is 1280. The number of piperazine rings is 1. The van der Waals surface area contributed by atoms with E-state index in [1.54, 1.807) is 17.3 Å². The lowest BCUT2D eigenvalue weighted by Crippen LogP contribution is -2.50. The molecule has 0 atom stereocenters. The van der Waals surface area contributed by atoms with Crippen molar-refractivity contribution in [2.45, 2.75) is 52.2 Å². The van der Waals surface area contributed by atoms with Crippen LogP contribution in [0.3, 0.4) is 0 Å². The second-order valence-corrected chi connectivity index (χ2v) is 12.6. The first kappa shape index (κ1) is 28.8. The molecule has 0 radical (unpaired) electrons. The molecule has 3 heterocycles. The van der Waals surface area contributed by atoms with Crippen LogP contribution in [-0.4, -0.2) is 63.8 Å². The van der Waals surface area contributed by atoms with Crippen LogP contribution < -0.4 is 15.5 Å². The fraction of sp³-hybridized carbons (Fsp3) is 0.444. The van der Waals surface area contributed by atoms with Gasteiger partial charge in [-0.3, -0.25) is 5.32 Å². The number of aromatic nitrogens is 3. The molecular formula is C27H34BrN7O3S. The number of rotatable bonds is 6. The van der Waals surface area contributed by atoms with E-state index in [1.165, 1.54) is 11.3 Å². The van der Waals surface area contributed by atoms with Gasteiger partial charge in [-0.1, -0.05) is 41.9 Å². The monoisotopic (exact) mass is 615 g/mol. The molecule has 12 heteroatoms. The Morgan fingerprint density at radius 1 is 1.03 bits per heavy atom. The zero-order valence-electron chi connectivity index (χ0n) is 22.8. The number of carbonyl (C=O) groups excluding carboxylic acids is 2. The summed E-state index contributed by atoms with van der Waals surface area (Å²) < 4.78 is 6.47. The number of nitrogens with zero attached hydrogens (tertiary/aromatic N) is 5. The van der Waals surface area contributed by atoms with E-state index in [0.29, 0.717) is 37.3 Å². The molecule has 0 spiro atoms. The van der Waals surface area contributed by atoms with Crippen LogP contribution in [0.25, 0.3) is 0 Å². The van der Waals surface area contributed by atoms with Crippen molar-refractivity contribution in [1.29, 1.82) is 0 Å². The van der Waals surface area contributed by atoms with Gasteiger partial charge in [0.25, 0.3) is 0 Å². The number of halogens is 1. The van der Waals surface area contributed by atoms with Gasteiger partial charge < -0.3 is 19.9 Å². The average Bonchev–Trinajstić information content (AvgIpc) is 3.36. The molecule has 39 heavy (non-hydrogen) atoms. The van der Waals surface area contributed by atoms with Crippen molar-refractivity contribution in [2.75, 3.05) is 36.4 Å². The van der Waals surface area contributed by atoms with Gasteiger partial charge in [-0.25, -0.2) is 24.5 Å². The number of benzene rings is 1. The zero-order chi connectivity index (χ0) is 28.2. The number of carbonyl (C=O) groups is 2. The zero-order valence-corrected chi connectivity index (χ0v) is 25.2. The third-order valence-electron chi connectivity index (χ3n) is 6.29. The van der Waals surface area contributed by atoms with E-state index >= 15 is 0 Å². The van der Waals surface area contributed by atoms with Crippen LogP contribution in [0.5, 0.6) is 0 Å². The first-order valence-electron chi connectivity index (χ1n) is 12.7. The Labute approximate surface area is 241 Å². The molecule has 1 aliphatic rings. The van der Waals surface area contributed by atoms with E-state index in [1.807, 2.05) is 43.2 Å². The second-order valence-electron chi connectivity index (χ2n) is 10.8. The van der Waals surface area contributed by atoms with Crippen molar-refractivity contribution in [2.24, 2.45) is 0 Å². The Hall–Kier alpha value is -3.25. The molecule has 0 saturated carbocycles. The lowest BCUT2D eigenvalue weighted by atomic mass is 9.82. The van der Waals surface area contributed by atoms with Gasteiger partial charge >= 0.3 is 12.1 Å². The van der Waals surface area contributed by atoms with E-state index in [0.717, 1.165) is 21.3 Å². The van der Waals surface area contributed by atoms with Crippen molar-refractivity contribution >= 4 is 50.5 Å². The summed E-state index contributed by atoms with van der Waals surface area (Å²) in [5, 5.41) is 8.14. The highest BCUT2D eigenvalue weighted by Gasteiger charge is 2.27. The van der Waals surface area contributed by atoms with Crippen LogP contribution >= 0.6 is 27.3 Å². The number of ether oxygens (including phenoxy) is 1. The normalized spacial score (nSPS) is 14.2. The van der Waals surface area contributed by atoms with Crippen molar-refractivity contribution in [1.82, 2.24) is 25.2 Å². The minimum Gasteiger partial charge on any atom is -0.444 e. The predicted molar refractivity (Wildman–Crippen MR) is 156 cm³/mol. The lowest BCUT2D eigenvalue weighted by molar-refractivity contribution is 0.0240. The van der Waals surface area contributed by atoms with Gasteiger partial charge in [0.15, 0.2) is 5.13 Å². The molecule has 3 amide bonds. The Morgan fingerprint density at radius 2 is 1.67 bits per heavy atom. The van der Waals surface area contributed by atoms with Crippen molar-refractivity contribution < 1.29 is 14.3 Å². The van der Waals surface area contributed by atoms with E-state index < -0.39 is 5.60 Å². The van der Waals surface area contributed by atoms with Gasteiger partial charge in [-0.15, -0.1) is 11.3 Å². The maximum Gasteiger partial charge on any atom is 0.410 e. The largest absolute Gasteiger partial charge is 0.444 e. The van der Waals surface area contributed by atoms with Crippen molar-refractivity contribution in [3.63, 3.8) is 0 Å². The van der Waals surface area contributed by atoms with E-state index in [9.17, 15) is 9.59 Å². The summed E-state index contributed by atoms with van der Waals surface area (Å²) >= 11 is 4.86. The Morgan fingerprint density at radius 3 is 2.28 bits per heavy atom. The van der Waals surface area contributed by atoms with Crippen LogP contribution in [0, 0.1) is 0 Å². The molecule has 10 nitrogen and oxygen atoms in total. The number of amides is 3. The van der Waals surface area contributed by atoms with Crippen LogP contribution in [0.2, 0.25) is 0 Å². The van der Waals surface area contributed by atoms with Crippen LogP contribution in [-0.2, 0) is 16.7 Å². The lowest BCUT2D eigenvalue weighted by Gasteiger charge is -2.35. The molecule has 3 aromatic rings. The molecule has 2 N–H and O–H groups in total. The number of thiazole rings is 1. The van der Waals surface area contributed by atoms with Gasteiger partial charge in [-0.05, 0) is 38.5 Å². The molecule has 2 aromatic heterocycles. The molecule has 4 rings (SSSR count). The summed E-state index contributed by atoms with van der Waals surface area (Å²) in [6.07, 6.45) is 3.10. The summed E-state index contributed by atoms with van der Waals surface area (Å²) in [6.45, 7) is 12.4. The topological polar surface area (TPSA) is 113 Å². The van der Waals surface area contributed by atoms with Crippen LogP contribution in [0.1, 0.15) is 51.4 Å². The van der Waals surface area contributed by atoms with E-state index in [-0.39, 0.29) is 24.1 Å². The van der Waals surface area contributed by atoms with Gasteiger partial charge in [-0.2, -0.15) is 0 Å². The number of anilines is 2. The number of hydrogen-bond acceptors (Lipinski definition) is 8. The Balaban J connectivity index is 1.24. The van der Waals surface area contributed by atoms with Crippen molar-refractivity contribution in [3.8, 4) is 0 Å². The first-order chi connectivity index (χ1) is 18.4. The summed E-state index contributed by atoms with van der Waals surface area (Å²) in [4.78, 5) is 42.0. The molecule has 1 aliphatic heterocycles. The van der Waals surface area contributed by atoms with Crippen LogP contribution in [0.4, 0.5) is 20.7 Å². The van der Waals surface area contributed by atoms with E-state index in [2.05, 4.69) is 67.5 Å². The SMILES string of the molecule is CC(C)(C)OC(=O)N1CCN(c2ncc(CNC(=O)Nc3nc(C(C)(C)c4ccc(Br)cc4)cs3)cn2)CC1. The fourth-order valence-electron chi connectivity index (χ4n) is 3.97. The predicted octanol–water partition coefficient (Wildman–Crippen LogP) is 5.40. The second kappa shape index (κ2) is 11.9. The molecular weight excluding hydrogens is 582 g/mol. The minimum absolute atomic E-state index is 0.279. The third-order valence-corrected chi connectivity index (χ3v) is 7.58. The third kappa shape index (κ3) is 7.66. The van der Waals surface area contributed by atoms with Gasteiger partial charge in [0.2, 0.25) is 5.95 Å². The number of urea groups is 1. The maximum atomic E-state index is 12.5. The summed E-state index contributed by atoms with van der Waals surface area (Å²) in [7, 11) is 0. The van der Waals surface area contributed by atoms with Crippen molar-refractivity contribution in [3.05, 3.63) is 63.3 Å². The average molecular weight is 617 g/mol. The molecule has 0 unspecified atom stereocenters. The fourth-order valence-corrected chi connectivity index (χ4v) is 5.11. The summed E-state index contributed by atoms with van der Waals surface area (Å²) in [6, 6.07) is 7.82. The van der Waals surface area contributed by atoms with Gasteiger partial charge in [0.1, 0.15) is 5.60 Å². The highest BCUT2D eigenvalue weighted by atomic mass is 79.9. The smallest absolute Gasteiger partial charge is 0.410 e. The minimum atomic E-state index is -0.515. The first-order valence-corrected chi connectivity index (χ1v) is 14.4. The molecule has 1 fully saturated rings. The van der Waals surface area contributed by atoms with Gasteiger partial charge in [0.05, 0.1) is 5.69 Å². The van der Waals surface area contributed by atoms with Gasteiger partial charge in [0, 0.05) is 65.9 Å². The number of hydrogen-bond donors (Lipinski definition) is 2. The summed E-state index contributed by atoms with van der Waals surface area (Å²) in [5.74, 6) is 0.593. The van der Waals surface area contributed by atoms with E-state index in [4.69, 9.17) is 4.74 Å². The standard InChI is InChI=1S/C27H34BrN7O3S/c1-26(2,3)38-25(37)35-12-10-34(11-13-35)22-29-14-18(15-30-22)16-31-23(36)33-24-32-21(17-39-24)27(4,5)19-6-8-20(28)9-7-19/h6-9,14-15,17H,10-13,16H2,1-5H3,(H2,31,32,33,36). The molecule has 0 aliphatic carbocycles. The maximum absolute atomic E-state index is 12.5. The molecule has 208 valence electrons. The molecule has 1 aromatic carbocycles. The molecule has 1 saturated heterocycles. The highest BCUT2D eigenvalue weighted by molar-refractivity contribution is 9.10. The Kier molecular flexibility index (Phi) is 8.75.